The summed E-state index contributed by atoms with van der Waals surface area (Å²) in [5.41, 5.74) is 0.947. The van der Waals surface area contributed by atoms with Crippen LogP contribution in [0.1, 0.15) is 44.6 Å². The lowest BCUT2D eigenvalue weighted by Gasteiger charge is -2.06. The maximum atomic E-state index is 9.42. The molecule has 0 fully saturated rings. The minimum Gasteiger partial charge on any atom is -0.508 e. The zero-order valence-corrected chi connectivity index (χ0v) is 11.1. The number of aromatic hydroxyl groups is 1. The highest BCUT2D eigenvalue weighted by Gasteiger charge is 2.06. The SMILES string of the molecule is CCCCCCCc1cc(O)cc(Cl)c1Cl. The van der Waals surface area contributed by atoms with Gasteiger partial charge in [-0.15, -0.1) is 0 Å². The molecule has 0 saturated carbocycles. The summed E-state index contributed by atoms with van der Waals surface area (Å²) in [4.78, 5) is 0. The molecular weight excluding hydrogens is 243 g/mol. The van der Waals surface area contributed by atoms with Gasteiger partial charge < -0.3 is 5.11 Å². The molecule has 1 aromatic rings. The van der Waals surface area contributed by atoms with E-state index < -0.39 is 0 Å². The fraction of sp³-hybridized carbons (Fsp3) is 0.538. The second-order valence-electron chi connectivity index (χ2n) is 4.06. The van der Waals surface area contributed by atoms with Gasteiger partial charge in [0, 0.05) is 6.07 Å². The number of aryl methyl sites for hydroxylation is 1. The molecule has 1 N–H and O–H groups in total. The van der Waals surface area contributed by atoms with E-state index in [1.54, 1.807) is 6.07 Å². The molecule has 0 heterocycles. The fourth-order valence-corrected chi connectivity index (χ4v) is 2.17. The van der Waals surface area contributed by atoms with E-state index >= 15 is 0 Å². The Hall–Kier alpha value is -0.400. The third-order valence-electron chi connectivity index (χ3n) is 2.64. The molecule has 1 aromatic carbocycles. The molecule has 0 amide bonds. The third kappa shape index (κ3) is 4.23. The molecule has 0 aromatic heterocycles. The van der Waals surface area contributed by atoms with Crippen LogP contribution in [0, 0.1) is 0 Å². The standard InChI is InChI=1S/C13H18Cl2O/c1-2-3-4-5-6-7-10-8-11(16)9-12(14)13(10)15/h8-9,16H,2-7H2,1H3. The van der Waals surface area contributed by atoms with Crippen molar-refractivity contribution >= 4 is 23.2 Å². The zero-order chi connectivity index (χ0) is 12.0. The molecule has 0 saturated heterocycles. The van der Waals surface area contributed by atoms with Crippen molar-refractivity contribution in [3.8, 4) is 5.75 Å². The van der Waals surface area contributed by atoms with Crippen molar-refractivity contribution in [1.82, 2.24) is 0 Å². The highest BCUT2D eigenvalue weighted by Crippen LogP contribution is 2.31. The summed E-state index contributed by atoms with van der Waals surface area (Å²) in [6.07, 6.45) is 6.99. The quantitative estimate of drug-likeness (QED) is 0.697. The number of phenolic OH excluding ortho intramolecular Hbond substituents is 1. The summed E-state index contributed by atoms with van der Waals surface area (Å²) in [7, 11) is 0. The number of halogens is 2. The number of hydrogen-bond donors (Lipinski definition) is 1. The molecule has 0 bridgehead atoms. The van der Waals surface area contributed by atoms with Crippen LogP contribution in [0.25, 0.3) is 0 Å². The van der Waals surface area contributed by atoms with E-state index in [1.165, 1.54) is 31.7 Å². The molecule has 3 heteroatoms. The monoisotopic (exact) mass is 260 g/mol. The molecular formula is C13H18Cl2O. The molecule has 0 aliphatic heterocycles. The van der Waals surface area contributed by atoms with Crippen LogP contribution in [0.4, 0.5) is 0 Å². The van der Waals surface area contributed by atoms with Gasteiger partial charge in [-0.2, -0.15) is 0 Å². The van der Waals surface area contributed by atoms with Gasteiger partial charge in [0.1, 0.15) is 5.75 Å². The lowest BCUT2D eigenvalue weighted by atomic mass is 10.1. The third-order valence-corrected chi connectivity index (χ3v) is 3.48. The van der Waals surface area contributed by atoms with Gasteiger partial charge in [-0.25, -0.2) is 0 Å². The fourth-order valence-electron chi connectivity index (χ4n) is 1.73. The highest BCUT2D eigenvalue weighted by atomic mass is 35.5. The maximum Gasteiger partial charge on any atom is 0.117 e. The highest BCUT2D eigenvalue weighted by molar-refractivity contribution is 6.42. The Kier molecular flexibility index (Phi) is 6.00. The van der Waals surface area contributed by atoms with Crippen LogP contribution in [0.3, 0.4) is 0 Å². The molecule has 1 rings (SSSR count). The van der Waals surface area contributed by atoms with Gasteiger partial charge in [0.05, 0.1) is 10.0 Å². The molecule has 0 spiro atoms. The van der Waals surface area contributed by atoms with Gasteiger partial charge in [0.25, 0.3) is 0 Å². The van der Waals surface area contributed by atoms with Crippen LogP contribution in [0.5, 0.6) is 5.75 Å². The first kappa shape index (κ1) is 13.7. The minimum atomic E-state index is 0.193. The Labute approximate surface area is 107 Å². The lowest BCUT2D eigenvalue weighted by molar-refractivity contribution is 0.474. The summed E-state index contributed by atoms with van der Waals surface area (Å²) in [5.74, 6) is 0.193. The summed E-state index contributed by atoms with van der Waals surface area (Å²) < 4.78 is 0. The van der Waals surface area contributed by atoms with E-state index in [-0.39, 0.29) is 5.75 Å². The number of phenols is 1. The average Bonchev–Trinajstić information content (AvgIpc) is 2.24. The molecule has 0 aliphatic carbocycles. The number of benzene rings is 1. The first-order chi connectivity index (χ1) is 7.65. The van der Waals surface area contributed by atoms with Crippen molar-refractivity contribution in [3.63, 3.8) is 0 Å². The second kappa shape index (κ2) is 7.03. The molecule has 0 atom stereocenters. The molecule has 1 nitrogen and oxygen atoms in total. The summed E-state index contributed by atoms with van der Waals surface area (Å²) in [6, 6.07) is 3.18. The van der Waals surface area contributed by atoms with Gasteiger partial charge in [0.2, 0.25) is 0 Å². The van der Waals surface area contributed by atoms with Crippen LogP contribution >= 0.6 is 23.2 Å². The van der Waals surface area contributed by atoms with Crippen molar-refractivity contribution in [3.05, 3.63) is 27.7 Å². The molecule has 0 radical (unpaired) electrons. The van der Waals surface area contributed by atoms with Crippen LogP contribution in [0.2, 0.25) is 10.0 Å². The maximum absolute atomic E-state index is 9.42. The van der Waals surface area contributed by atoms with E-state index in [9.17, 15) is 5.11 Å². The number of rotatable bonds is 6. The summed E-state index contributed by atoms with van der Waals surface area (Å²) in [5, 5.41) is 10.4. The van der Waals surface area contributed by atoms with E-state index in [0.29, 0.717) is 10.0 Å². The van der Waals surface area contributed by atoms with Gasteiger partial charge in [0.15, 0.2) is 0 Å². The smallest absolute Gasteiger partial charge is 0.117 e. The Morgan fingerprint density at radius 2 is 1.75 bits per heavy atom. The Morgan fingerprint density at radius 3 is 2.44 bits per heavy atom. The van der Waals surface area contributed by atoms with Crippen LogP contribution < -0.4 is 0 Å². The number of hydrogen-bond acceptors (Lipinski definition) is 1. The Morgan fingerprint density at radius 1 is 1.06 bits per heavy atom. The average molecular weight is 261 g/mol. The largest absolute Gasteiger partial charge is 0.508 e. The Balaban J connectivity index is 2.47. The van der Waals surface area contributed by atoms with Crippen molar-refractivity contribution in [2.45, 2.75) is 45.4 Å². The van der Waals surface area contributed by atoms with Gasteiger partial charge in [-0.05, 0) is 24.5 Å². The van der Waals surface area contributed by atoms with Crippen molar-refractivity contribution in [2.75, 3.05) is 0 Å². The van der Waals surface area contributed by atoms with Gasteiger partial charge in [-0.3, -0.25) is 0 Å². The van der Waals surface area contributed by atoms with E-state index in [0.717, 1.165) is 18.4 Å². The molecule has 90 valence electrons. The van der Waals surface area contributed by atoms with Crippen LogP contribution in [-0.2, 0) is 6.42 Å². The normalized spacial score (nSPS) is 10.7. The number of unbranched alkanes of at least 4 members (excludes halogenated alkanes) is 4. The van der Waals surface area contributed by atoms with Crippen molar-refractivity contribution < 1.29 is 5.11 Å². The Bertz CT molecular complexity index is 337. The topological polar surface area (TPSA) is 20.2 Å². The first-order valence-corrected chi connectivity index (χ1v) is 6.57. The summed E-state index contributed by atoms with van der Waals surface area (Å²) in [6.45, 7) is 2.20. The van der Waals surface area contributed by atoms with Crippen LogP contribution in [0.15, 0.2) is 12.1 Å². The minimum absolute atomic E-state index is 0.193. The predicted molar refractivity (Wildman–Crippen MR) is 70.6 cm³/mol. The van der Waals surface area contributed by atoms with Gasteiger partial charge in [-0.1, -0.05) is 55.8 Å². The van der Waals surface area contributed by atoms with E-state index in [2.05, 4.69) is 6.92 Å². The van der Waals surface area contributed by atoms with Gasteiger partial charge >= 0.3 is 0 Å². The second-order valence-corrected chi connectivity index (χ2v) is 4.85. The molecule has 16 heavy (non-hydrogen) atoms. The van der Waals surface area contributed by atoms with E-state index in [1.807, 2.05) is 0 Å². The first-order valence-electron chi connectivity index (χ1n) is 5.82. The molecule has 0 aliphatic rings. The lowest BCUT2D eigenvalue weighted by Crippen LogP contribution is -1.88. The predicted octanol–water partition coefficient (Wildman–Crippen LogP) is 5.21. The van der Waals surface area contributed by atoms with E-state index in [4.69, 9.17) is 23.2 Å². The summed E-state index contributed by atoms with van der Waals surface area (Å²) >= 11 is 12.0. The molecule has 0 unspecified atom stereocenters. The van der Waals surface area contributed by atoms with Crippen molar-refractivity contribution in [1.29, 1.82) is 0 Å². The zero-order valence-electron chi connectivity index (χ0n) is 9.60. The van der Waals surface area contributed by atoms with Crippen LogP contribution in [-0.4, -0.2) is 5.11 Å². The van der Waals surface area contributed by atoms with Crippen molar-refractivity contribution in [2.24, 2.45) is 0 Å².